The van der Waals surface area contributed by atoms with Crippen LogP contribution < -0.4 is 5.32 Å². The Bertz CT molecular complexity index is 309. The van der Waals surface area contributed by atoms with Crippen LogP contribution in [0.2, 0.25) is 0 Å². The van der Waals surface area contributed by atoms with E-state index in [0.29, 0.717) is 19.1 Å². The molecule has 2 rings (SSSR count). The zero-order valence-corrected chi connectivity index (χ0v) is 11.3. The van der Waals surface area contributed by atoms with Crippen molar-refractivity contribution in [2.75, 3.05) is 25.9 Å². The lowest BCUT2D eigenvalue weighted by Gasteiger charge is -2.30. The summed E-state index contributed by atoms with van der Waals surface area (Å²) in [6.45, 7) is 2.49. The number of piperidine rings is 1. The zero-order chi connectivity index (χ0) is 10.9. The first-order valence-corrected chi connectivity index (χ1v) is 7.59. The van der Waals surface area contributed by atoms with Crippen molar-refractivity contribution in [1.29, 1.82) is 0 Å². The molecular formula is C10H21ClN2O2S. The van der Waals surface area contributed by atoms with Crippen LogP contribution in [-0.4, -0.2) is 44.7 Å². The highest BCUT2D eigenvalue weighted by atomic mass is 35.5. The number of halogens is 1. The van der Waals surface area contributed by atoms with Crippen molar-refractivity contribution in [2.45, 2.75) is 31.7 Å². The van der Waals surface area contributed by atoms with Gasteiger partial charge in [0.1, 0.15) is 0 Å². The molecule has 0 aromatic carbocycles. The number of sulfonamides is 1. The third-order valence-corrected chi connectivity index (χ3v) is 4.62. The van der Waals surface area contributed by atoms with Crippen molar-refractivity contribution < 1.29 is 8.42 Å². The van der Waals surface area contributed by atoms with E-state index in [1.165, 1.54) is 19.1 Å². The molecule has 2 aliphatic rings. The standard InChI is InChI=1S/C10H20N2O2S.ClH/c1-15(13,14)12-6-4-10(5-7-12)11-8-9-2-3-9;/h9-11H,2-8H2,1H3;1H. The van der Waals surface area contributed by atoms with Crippen LogP contribution in [0.5, 0.6) is 0 Å². The highest BCUT2D eigenvalue weighted by Crippen LogP contribution is 2.28. The summed E-state index contributed by atoms with van der Waals surface area (Å²) in [5.74, 6) is 0.901. The van der Waals surface area contributed by atoms with Crippen LogP contribution in [0, 0.1) is 5.92 Å². The van der Waals surface area contributed by atoms with E-state index in [-0.39, 0.29) is 12.4 Å². The number of nitrogens with one attached hydrogen (secondary N) is 1. The minimum atomic E-state index is -2.96. The maximum absolute atomic E-state index is 11.3. The molecule has 2 fully saturated rings. The summed E-state index contributed by atoms with van der Waals surface area (Å²) < 4.78 is 24.1. The second-order valence-electron chi connectivity index (χ2n) is 4.79. The summed E-state index contributed by atoms with van der Waals surface area (Å²) in [6.07, 6.45) is 5.95. The van der Waals surface area contributed by atoms with Crippen molar-refractivity contribution in [3.63, 3.8) is 0 Å². The van der Waals surface area contributed by atoms with Gasteiger partial charge in [0, 0.05) is 19.1 Å². The SMILES string of the molecule is CS(=O)(=O)N1CCC(NCC2CC2)CC1.Cl. The predicted octanol–water partition coefficient (Wildman–Crippen LogP) is 0.832. The molecule has 1 heterocycles. The Morgan fingerprint density at radius 2 is 1.75 bits per heavy atom. The third kappa shape index (κ3) is 4.20. The maximum Gasteiger partial charge on any atom is 0.211 e. The van der Waals surface area contributed by atoms with E-state index < -0.39 is 10.0 Å². The predicted molar refractivity (Wildman–Crippen MR) is 67.4 cm³/mol. The van der Waals surface area contributed by atoms with Crippen molar-refractivity contribution in [3.8, 4) is 0 Å². The van der Waals surface area contributed by atoms with Crippen molar-refractivity contribution in [1.82, 2.24) is 9.62 Å². The largest absolute Gasteiger partial charge is 0.314 e. The van der Waals surface area contributed by atoms with Crippen LogP contribution in [0.4, 0.5) is 0 Å². The molecule has 0 unspecified atom stereocenters. The van der Waals surface area contributed by atoms with Gasteiger partial charge in [-0.2, -0.15) is 0 Å². The Kier molecular flexibility index (Phi) is 5.04. The summed E-state index contributed by atoms with van der Waals surface area (Å²) in [5, 5.41) is 3.53. The van der Waals surface area contributed by atoms with Gasteiger partial charge in [0.05, 0.1) is 6.26 Å². The maximum atomic E-state index is 11.3. The molecule has 1 aliphatic heterocycles. The van der Waals surface area contributed by atoms with Crippen LogP contribution in [0.1, 0.15) is 25.7 Å². The van der Waals surface area contributed by atoms with E-state index in [1.54, 1.807) is 4.31 Å². The smallest absolute Gasteiger partial charge is 0.211 e. The molecular weight excluding hydrogens is 248 g/mol. The number of nitrogens with zero attached hydrogens (tertiary/aromatic N) is 1. The molecule has 0 radical (unpaired) electrons. The van der Waals surface area contributed by atoms with Gasteiger partial charge in [-0.25, -0.2) is 12.7 Å². The lowest BCUT2D eigenvalue weighted by Crippen LogP contribution is -2.44. The molecule has 96 valence electrons. The fourth-order valence-electron chi connectivity index (χ4n) is 2.05. The number of hydrogen-bond acceptors (Lipinski definition) is 3. The Morgan fingerprint density at radius 1 is 1.19 bits per heavy atom. The van der Waals surface area contributed by atoms with Crippen LogP contribution in [0.3, 0.4) is 0 Å². The van der Waals surface area contributed by atoms with Crippen LogP contribution >= 0.6 is 12.4 Å². The lowest BCUT2D eigenvalue weighted by atomic mass is 10.1. The summed E-state index contributed by atoms with van der Waals surface area (Å²) in [6, 6.07) is 0.531. The van der Waals surface area contributed by atoms with Crippen LogP contribution in [-0.2, 0) is 10.0 Å². The Labute approximate surface area is 104 Å². The molecule has 1 N–H and O–H groups in total. The van der Waals surface area contributed by atoms with Gasteiger partial charge in [0.2, 0.25) is 10.0 Å². The van der Waals surface area contributed by atoms with E-state index in [4.69, 9.17) is 0 Å². The normalized spacial score (nSPS) is 24.1. The average molecular weight is 269 g/mol. The van der Waals surface area contributed by atoms with Gasteiger partial charge in [-0.15, -0.1) is 12.4 Å². The molecule has 4 nitrogen and oxygen atoms in total. The zero-order valence-electron chi connectivity index (χ0n) is 9.68. The van der Waals surface area contributed by atoms with E-state index in [9.17, 15) is 8.42 Å². The second kappa shape index (κ2) is 5.67. The lowest BCUT2D eigenvalue weighted by molar-refractivity contribution is 0.289. The second-order valence-corrected chi connectivity index (χ2v) is 6.77. The summed E-state index contributed by atoms with van der Waals surface area (Å²) >= 11 is 0. The van der Waals surface area contributed by atoms with E-state index in [1.807, 2.05) is 0 Å². The molecule has 0 atom stereocenters. The quantitative estimate of drug-likeness (QED) is 0.822. The minimum absolute atomic E-state index is 0. The van der Waals surface area contributed by atoms with Gasteiger partial charge in [-0.05, 0) is 38.1 Å². The van der Waals surface area contributed by atoms with Crippen molar-refractivity contribution in [2.24, 2.45) is 5.92 Å². The molecule has 16 heavy (non-hydrogen) atoms. The molecule has 0 bridgehead atoms. The van der Waals surface area contributed by atoms with Crippen molar-refractivity contribution in [3.05, 3.63) is 0 Å². The fraction of sp³-hybridized carbons (Fsp3) is 1.00. The first kappa shape index (κ1) is 14.2. The van der Waals surface area contributed by atoms with Gasteiger partial charge < -0.3 is 5.32 Å². The Morgan fingerprint density at radius 3 is 2.19 bits per heavy atom. The molecule has 0 spiro atoms. The highest BCUT2D eigenvalue weighted by molar-refractivity contribution is 7.88. The molecule has 1 saturated heterocycles. The molecule has 0 aromatic heterocycles. The molecule has 1 saturated carbocycles. The Balaban J connectivity index is 0.00000128. The monoisotopic (exact) mass is 268 g/mol. The van der Waals surface area contributed by atoms with Gasteiger partial charge in [0.25, 0.3) is 0 Å². The fourth-order valence-corrected chi connectivity index (χ4v) is 2.92. The first-order valence-electron chi connectivity index (χ1n) is 5.74. The van der Waals surface area contributed by atoms with Gasteiger partial charge in [0.15, 0.2) is 0 Å². The molecule has 0 aromatic rings. The molecule has 1 aliphatic carbocycles. The number of hydrogen-bond donors (Lipinski definition) is 1. The summed E-state index contributed by atoms with van der Waals surface area (Å²) in [7, 11) is -2.96. The topological polar surface area (TPSA) is 49.4 Å². The van der Waals surface area contributed by atoms with Crippen LogP contribution in [0.15, 0.2) is 0 Å². The minimum Gasteiger partial charge on any atom is -0.314 e. The summed E-state index contributed by atoms with van der Waals surface area (Å²) in [4.78, 5) is 0. The molecule has 0 amide bonds. The summed E-state index contributed by atoms with van der Waals surface area (Å²) in [5.41, 5.74) is 0. The molecule has 6 heteroatoms. The highest BCUT2D eigenvalue weighted by Gasteiger charge is 2.26. The van der Waals surface area contributed by atoms with Crippen LogP contribution in [0.25, 0.3) is 0 Å². The van der Waals surface area contributed by atoms with Gasteiger partial charge >= 0.3 is 0 Å². The van der Waals surface area contributed by atoms with E-state index in [0.717, 1.165) is 25.3 Å². The third-order valence-electron chi connectivity index (χ3n) is 3.32. The van der Waals surface area contributed by atoms with E-state index in [2.05, 4.69) is 5.32 Å². The Hall–Kier alpha value is 0.160. The average Bonchev–Trinajstić information content (AvgIpc) is 2.97. The van der Waals surface area contributed by atoms with Gasteiger partial charge in [-0.1, -0.05) is 0 Å². The van der Waals surface area contributed by atoms with E-state index >= 15 is 0 Å². The first-order chi connectivity index (χ1) is 7.05. The number of rotatable bonds is 4. The van der Waals surface area contributed by atoms with Gasteiger partial charge in [-0.3, -0.25) is 0 Å². The van der Waals surface area contributed by atoms with Crippen molar-refractivity contribution >= 4 is 22.4 Å².